The van der Waals surface area contributed by atoms with Gasteiger partial charge in [-0.2, -0.15) is 5.26 Å². The molecule has 2 saturated heterocycles. The number of allylic oxidation sites excluding steroid dienone is 1. The van der Waals surface area contributed by atoms with Gasteiger partial charge < -0.3 is 14.2 Å². The number of rotatable bonds is 6. The lowest BCUT2D eigenvalue weighted by Crippen LogP contribution is -2.23. The van der Waals surface area contributed by atoms with Crippen molar-refractivity contribution in [3.05, 3.63) is 35.4 Å². The van der Waals surface area contributed by atoms with Crippen molar-refractivity contribution in [2.24, 2.45) is 11.8 Å². The van der Waals surface area contributed by atoms with Gasteiger partial charge in [0.2, 0.25) is 0 Å². The van der Waals surface area contributed by atoms with E-state index in [-0.39, 0.29) is 18.8 Å². The largest absolute Gasteiger partial charge is 0.494 e. The molecule has 2 fully saturated rings. The molecule has 0 radical (unpaired) electrons. The monoisotopic (exact) mass is 401 g/mol. The van der Waals surface area contributed by atoms with Crippen LogP contribution in [-0.4, -0.2) is 37.8 Å². The van der Waals surface area contributed by atoms with Crippen LogP contribution in [0, 0.1) is 23.2 Å². The highest BCUT2D eigenvalue weighted by atomic mass is 16.6. The van der Waals surface area contributed by atoms with Crippen molar-refractivity contribution in [2.45, 2.75) is 60.2 Å². The van der Waals surface area contributed by atoms with Gasteiger partial charge in [-0.15, -0.1) is 0 Å². The summed E-state index contributed by atoms with van der Waals surface area (Å²) in [5, 5.41) is 8.79. The fourth-order valence-electron chi connectivity index (χ4n) is 3.26. The Hall–Kier alpha value is -2.16. The molecule has 5 heteroatoms. The molecule has 2 aliphatic heterocycles. The summed E-state index contributed by atoms with van der Waals surface area (Å²) in [5.74, 6) is 1.80. The second-order valence-electron chi connectivity index (χ2n) is 7.55. The molecule has 0 N–H and O–H groups in total. The Labute approximate surface area is 175 Å². The zero-order valence-corrected chi connectivity index (χ0v) is 17.3. The summed E-state index contributed by atoms with van der Waals surface area (Å²) >= 11 is 0. The van der Waals surface area contributed by atoms with Crippen molar-refractivity contribution < 1.29 is 19.0 Å². The molecule has 3 rings (SSSR count). The van der Waals surface area contributed by atoms with E-state index in [1.165, 1.54) is 6.92 Å². The van der Waals surface area contributed by atoms with Crippen LogP contribution in [-0.2, 0) is 14.3 Å². The van der Waals surface area contributed by atoms with Gasteiger partial charge in [-0.1, -0.05) is 46.8 Å². The fourth-order valence-corrected chi connectivity index (χ4v) is 3.26. The number of Topliss-reactive ketones (excluding diaryl/α,β-unsaturated/α-hetero) is 1. The van der Waals surface area contributed by atoms with Crippen molar-refractivity contribution in [3.63, 3.8) is 0 Å². The lowest BCUT2D eigenvalue weighted by molar-refractivity contribution is -0.113. The Kier molecular flexibility index (Phi) is 10.6. The average molecular weight is 402 g/mol. The number of carbonyl (C=O) groups is 1. The third-order valence-electron chi connectivity index (χ3n) is 5.01. The van der Waals surface area contributed by atoms with Crippen LogP contribution in [0.4, 0.5) is 0 Å². The quantitative estimate of drug-likeness (QED) is 0.379. The number of nitriles is 1. The second-order valence-corrected chi connectivity index (χ2v) is 7.55. The molecule has 0 bridgehead atoms. The van der Waals surface area contributed by atoms with Gasteiger partial charge in [0.05, 0.1) is 37.6 Å². The molecular weight excluding hydrogens is 366 g/mol. The summed E-state index contributed by atoms with van der Waals surface area (Å²) in [6, 6.07) is 9.24. The van der Waals surface area contributed by atoms with E-state index in [1.807, 2.05) is 30.3 Å². The lowest BCUT2D eigenvalue weighted by atomic mass is 9.99. The zero-order valence-electron chi connectivity index (χ0n) is 17.3. The third-order valence-corrected chi connectivity index (χ3v) is 5.01. The van der Waals surface area contributed by atoms with Gasteiger partial charge in [-0.25, -0.2) is 0 Å². The Balaban J connectivity index is 0.000000321. The summed E-state index contributed by atoms with van der Waals surface area (Å²) < 4.78 is 16.7. The molecule has 0 aromatic heterocycles. The molecule has 1 aromatic rings. The number of ether oxygens (including phenoxy) is 3. The van der Waals surface area contributed by atoms with Gasteiger partial charge in [0.15, 0.2) is 5.78 Å². The smallest absolute Gasteiger partial charge is 0.170 e. The number of unbranched alkanes of at least 4 members (excludes halogenated alkanes) is 1. The highest BCUT2D eigenvalue weighted by Crippen LogP contribution is 2.33. The van der Waals surface area contributed by atoms with Gasteiger partial charge in [-0.3, -0.25) is 4.79 Å². The molecule has 1 aromatic carbocycles. The van der Waals surface area contributed by atoms with Crippen LogP contribution in [0.3, 0.4) is 0 Å². The van der Waals surface area contributed by atoms with E-state index in [0.717, 1.165) is 37.4 Å². The first-order chi connectivity index (χ1) is 13.5. The zero-order chi connectivity index (χ0) is 20.5. The maximum atomic E-state index is 11.1. The molecule has 2 heterocycles. The van der Waals surface area contributed by atoms with Crippen molar-refractivity contribution >= 4 is 11.9 Å². The fraction of sp³-hybridized carbons (Fsp3) is 0.583. The molecular formula is C24H35NO4. The first-order valence-corrected chi connectivity index (χ1v) is 10.0. The molecule has 29 heavy (non-hydrogen) atoms. The molecule has 2 aliphatic rings. The summed E-state index contributed by atoms with van der Waals surface area (Å²) in [4.78, 5) is 11.1. The molecule has 5 nitrogen and oxygen atoms in total. The summed E-state index contributed by atoms with van der Waals surface area (Å²) in [6.07, 6.45) is 4.51. The maximum absolute atomic E-state index is 11.1. The Morgan fingerprint density at radius 1 is 1.17 bits per heavy atom. The average Bonchev–Trinajstić information content (AvgIpc) is 3.24. The van der Waals surface area contributed by atoms with Gasteiger partial charge in [0, 0.05) is 11.8 Å². The summed E-state index contributed by atoms with van der Waals surface area (Å²) in [6.45, 7) is 10.4. The van der Waals surface area contributed by atoms with Gasteiger partial charge in [-0.05, 0) is 37.1 Å². The predicted octanol–water partition coefficient (Wildman–Crippen LogP) is 5.05. The number of ketones is 1. The molecule has 0 amide bonds. The van der Waals surface area contributed by atoms with E-state index in [0.29, 0.717) is 30.7 Å². The van der Waals surface area contributed by atoms with Crippen LogP contribution in [0.15, 0.2) is 29.8 Å². The van der Waals surface area contributed by atoms with E-state index in [9.17, 15) is 4.79 Å². The first-order valence-electron chi connectivity index (χ1n) is 10.0. The van der Waals surface area contributed by atoms with E-state index >= 15 is 0 Å². The first kappa shape index (κ1) is 24.9. The van der Waals surface area contributed by atoms with E-state index in [2.05, 4.69) is 20.8 Å². The predicted molar refractivity (Wildman–Crippen MR) is 116 cm³/mol. The lowest BCUT2D eigenvalue weighted by Gasteiger charge is -2.10. The molecule has 4 atom stereocenters. The Bertz CT molecular complexity index is 689. The highest BCUT2D eigenvalue weighted by Gasteiger charge is 2.43. The van der Waals surface area contributed by atoms with Crippen molar-refractivity contribution in [3.8, 4) is 11.8 Å². The van der Waals surface area contributed by atoms with E-state index in [1.54, 1.807) is 6.08 Å². The molecule has 0 saturated carbocycles. The number of hydrogen-bond acceptors (Lipinski definition) is 5. The van der Waals surface area contributed by atoms with Crippen molar-refractivity contribution in [1.82, 2.24) is 0 Å². The van der Waals surface area contributed by atoms with Crippen LogP contribution >= 0.6 is 0 Å². The molecule has 0 unspecified atom stereocenters. The molecule has 0 spiro atoms. The van der Waals surface area contributed by atoms with Crippen molar-refractivity contribution in [1.29, 1.82) is 5.26 Å². The van der Waals surface area contributed by atoms with Crippen LogP contribution in [0.1, 0.15) is 53.5 Å². The second kappa shape index (κ2) is 12.4. The highest BCUT2D eigenvalue weighted by molar-refractivity contribution is 6.01. The normalized spacial score (nSPS) is 25.1. The van der Waals surface area contributed by atoms with Crippen LogP contribution < -0.4 is 4.74 Å². The van der Waals surface area contributed by atoms with Gasteiger partial charge >= 0.3 is 0 Å². The standard InChI is InChI=1S/C15H17NO2.C8H14O2.CH4/c1-3-4-9-18-15-7-5-13(6-8-15)10-14(11-16)12(2)17;1-5-3-9-8-6(2)4-10-7(5)8;/h5-8,10H,3-4,9H2,1-2H3;5-8H,3-4H2,1-2H3;1H4/t;5-,6+,7-,8-;/m.1./s1. The van der Waals surface area contributed by atoms with Gasteiger partial charge in [0.25, 0.3) is 0 Å². The van der Waals surface area contributed by atoms with E-state index in [4.69, 9.17) is 19.5 Å². The molecule has 0 aliphatic carbocycles. The van der Waals surface area contributed by atoms with Gasteiger partial charge in [0.1, 0.15) is 11.8 Å². The Morgan fingerprint density at radius 2 is 1.72 bits per heavy atom. The number of benzene rings is 1. The number of carbonyl (C=O) groups excluding carboxylic acids is 1. The number of hydrogen-bond donors (Lipinski definition) is 0. The SMILES string of the molecule is C.CCCCOc1ccc(C=C(C#N)C(C)=O)cc1.C[C@@H]1CO[C@H]2[C@@H]1OC[C@@H]2C. The van der Waals surface area contributed by atoms with Crippen LogP contribution in [0.25, 0.3) is 6.08 Å². The minimum absolute atomic E-state index is 0. The van der Waals surface area contributed by atoms with Crippen LogP contribution in [0.2, 0.25) is 0 Å². The van der Waals surface area contributed by atoms with E-state index < -0.39 is 0 Å². The number of fused-ring (bicyclic) bond motifs is 1. The summed E-state index contributed by atoms with van der Waals surface area (Å²) in [7, 11) is 0. The Morgan fingerprint density at radius 3 is 2.17 bits per heavy atom. The number of nitrogens with zero attached hydrogens (tertiary/aromatic N) is 1. The minimum atomic E-state index is -0.222. The minimum Gasteiger partial charge on any atom is -0.494 e. The van der Waals surface area contributed by atoms with Crippen molar-refractivity contribution in [2.75, 3.05) is 19.8 Å². The topological polar surface area (TPSA) is 68.5 Å². The summed E-state index contributed by atoms with van der Waals surface area (Å²) in [5.41, 5.74) is 0.985. The molecule has 160 valence electrons. The van der Waals surface area contributed by atoms with Crippen LogP contribution in [0.5, 0.6) is 5.75 Å². The third kappa shape index (κ3) is 7.30. The maximum Gasteiger partial charge on any atom is 0.170 e.